The second-order valence-corrected chi connectivity index (χ2v) is 6.00. The van der Waals surface area contributed by atoms with Crippen molar-refractivity contribution in [3.63, 3.8) is 0 Å². The van der Waals surface area contributed by atoms with Gasteiger partial charge in [0.05, 0.1) is 5.52 Å². The molecular formula is C17H20F3N5O. The second-order valence-electron chi connectivity index (χ2n) is 6.00. The molecule has 0 aliphatic heterocycles. The van der Waals surface area contributed by atoms with Gasteiger partial charge in [-0.1, -0.05) is 13.0 Å². The fourth-order valence-corrected chi connectivity index (χ4v) is 3.29. The number of rotatable bonds is 5. The summed E-state index contributed by atoms with van der Waals surface area (Å²) in [4.78, 5) is 13.1. The van der Waals surface area contributed by atoms with Crippen molar-refractivity contribution < 1.29 is 13.2 Å². The van der Waals surface area contributed by atoms with E-state index < -0.39 is 12.7 Å². The summed E-state index contributed by atoms with van der Waals surface area (Å²) in [6.07, 6.45) is -3.73. The lowest BCUT2D eigenvalue weighted by atomic mass is 10.1. The van der Waals surface area contributed by atoms with Crippen LogP contribution in [0.15, 0.2) is 23.0 Å². The van der Waals surface area contributed by atoms with E-state index in [1.807, 2.05) is 13.0 Å². The number of halogens is 3. The number of benzene rings is 1. The smallest absolute Gasteiger partial charge is 0.388 e. The first kappa shape index (κ1) is 18.1. The molecule has 3 aromatic rings. The van der Waals surface area contributed by atoms with Crippen LogP contribution in [-0.4, -0.2) is 34.6 Å². The lowest BCUT2D eigenvalue weighted by molar-refractivity contribution is -0.142. The summed E-state index contributed by atoms with van der Waals surface area (Å²) >= 11 is 0. The van der Waals surface area contributed by atoms with E-state index in [0.717, 1.165) is 11.1 Å². The van der Waals surface area contributed by atoms with Gasteiger partial charge in [0.25, 0.3) is 5.56 Å². The first-order chi connectivity index (χ1) is 12.3. The van der Waals surface area contributed by atoms with Crippen molar-refractivity contribution in [1.29, 1.82) is 0 Å². The summed E-state index contributed by atoms with van der Waals surface area (Å²) in [5.74, 6) is 0.0694. The zero-order valence-corrected chi connectivity index (χ0v) is 14.7. The largest absolute Gasteiger partial charge is 0.408 e. The van der Waals surface area contributed by atoms with Crippen LogP contribution in [0.2, 0.25) is 0 Å². The molecule has 0 unspecified atom stereocenters. The van der Waals surface area contributed by atoms with Gasteiger partial charge < -0.3 is 15.2 Å². The molecule has 0 saturated carbocycles. The van der Waals surface area contributed by atoms with E-state index in [9.17, 15) is 18.0 Å². The van der Waals surface area contributed by atoms with Gasteiger partial charge in [-0.05, 0) is 18.6 Å². The van der Waals surface area contributed by atoms with E-state index in [4.69, 9.17) is 0 Å². The standard InChI is InChI=1S/C17H20F3N5O/c1-4-8-24-11-7-5-6-10(21-2)12(11)14-13(16(24)26)15(22-3)25(23-14)9-17(18,19)20/h5-7,21-22H,4,8-9H2,1-3H3. The number of alkyl halides is 3. The summed E-state index contributed by atoms with van der Waals surface area (Å²) in [7, 11) is 3.21. The molecule has 0 aliphatic rings. The molecule has 6 nitrogen and oxygen atoms in total. The Labute approximate surface area is 147 Å². The van der Waals surface area contributed by atoms with Gasteiger partial charge in [0.2, 0.25) is 0 Å². The van der Waals surface area contributed by atoms with Crippen molar-refractivity contribution in [3.8, 4) is 0 Å². The van der Waals surface area contributed by atoms with E-state index in [2.05, 4.69) is 15.7 Å². The minimum Gasteiger partial charge on any atom is -0.388 e. The van der Waals surface area contributed by atoms with E-state index in [1.54, 1.807) is 23.7 Å². The average molecular weight is 367 g/mol. The molecule has 0 fully saturated rings. The summed E-state index contributed by atoms with van der Waals surface area (Å²) in [6.45, 7) is 1.14. The minimum absolute atomic E-state index is 0.0694. The van der Waals surface area contributed by atoms with E-state index in [0.29, 0.717) is 23.1 Å². The van der Waals surface area contributed by atoms with Crippen LogP contribution in [0.4, 0.5) is 24.7 Å². The molecule has 1 aromatic carbocycles. The number of fused-ring (bicyclic) bond motifs is 3. The Kier molecular flexibility index (Phi) is 4.55. The molecule has 140 valence electrons. The molecule has 0 amide bonds. The predicted molar refractivity (Wildman–Crippen MR) is 96.9 cm³/mol. The van der Waals surface area contributed by atoms with Crippen molar-refractivity contribution in [2.75, 3.05) is 24.7 Å². The monoisotopic (exact) mass is 367 g/mol. The number of nitrogens with one attached hydrogen (secondary N) is 2. The predicted octanol–water partition coefficient (Wildman–Crippen LogP) is 3.41. The Bertz CT molecular complexity index is 1020. The molecular weight excluding hydrogens is 347 g/mol. The first-order valence-electron chi connectivity index (χ1n) is 8.30. The van der Waals surface area contributed by atoms with Gasteiger partial charge >= 0.3 is 6.18 Å². The summed E-state index contributed by atoms with van der Waals surface area (Å²) in [5.41, 5.74) is 1.27. The summed E-state index contributed by atoms with van der Waals surface area (Å²) in [5, 5.41) is 10.7. The zero-order chi connectivity index (χ0) is 19.1. The van der Waals surface area contributed by atoms with Gasteiger partial charge in [0.15, 0.2) is 0 Å². The highest BCUT2D eigenvalue weighted by atomic mass is 19.4. The molecule has 2 N–H and O–H groups in total. The zero-order valence-electron chi connectivity index (χ0n) is 14.7. The summed E-state index contributed by atoms with van der Waals surface area (Å²) in [6, 6.07) is 5.40. The molecule has 3 rings (SSSR count). The third-order valence-corrected chi connectivity index (χ3v) is 4.26. The van der Waals surface area contributed by atoms with Crippen LogP contribution in [0.3, 0.4) is 0 Å². The Morgan fingerprint density at radius 2 is 1.88 bits per heavy atom. The van der Waals surface area contributed by atoms with Crippen molar-refractivity contribution in [3.05, 3.63) is 28.6 Å². The van der Waals surface area contributed by atoms with Crippen LogP contribution in [0, 0.1) is 0 Å². The molecule has 0 bridgehead atoms. The summed E-state index contributed by atoms with van der Waals surface area (Å²) < 4.78 is 41.3. The van der Waals surface area contributed by atoms with Gasteiger partial charge in [0.1, 0.15) is 23.3 Å². The Hall–Kier alpha value is -2.71. The molecule has 0 radical (unpaired) electrons. The van der Waals surface area contributed by atoms with E-state index in [1.165, 1.54) is 7.05 Å². The number of pyridine rings is 1. The molecule has 9 heteroatoms. The molecule has 26 heavy (non-hydrogen) atoms. The number of hydrogen-bond acceptors (Lipinski definition) is 4. The Balaban J connectivity index is 2.51. The lowest BCUT2D eigenvalue weighted by Crippen LogP contribution is -2.22. The molecule has 0 saturated heterocycles. The molecule has 2 aromatic heterocycles. The van der Waals surface area contributed by atoms with Gasteiger partial charge in [-0.2, -0.15) is 18.3 Å². The van der Waals surface area contributed by atoms with Crippen LogP contribution in [0.25, 0.3) is 21.8 Å². The second kappa shape index (κ2) is 6.54. The average Bonchev–Trinajstić information content (AvgIpc) is 2.94. The van der Waals surface area contributed by atoms with Gasteiger partial charge in [-0.3, -0.25) is 4.79 Å². The minimum atomic E-state index is -4.45. The normalized spacial score (nSPS) is 12.1. The highest BCUT2D eigenvalue weighted by Crippen LogP contribution is 2.33. The lowest BCUT2D eigenvalue weighted by Gasteiger charge is -2.13. The molecule has 0 aliphatic carbocycles. The Morgan fingerprint density at radius 3 is 2.46 bits per heavy atom. The van der Waals surface area contributed by atoms with Crippen LogP contribution in [0.5, 0.6) is 0 Å². The molecule has 0 atom stereocenters. The van der Waals surface area contributed by atoms with E-state index in [-0.39, 0.29) is 22.3 Å². The molecule has 2 heterocycles. The van der Waals surface area contributed by atoms with Crippen molar-refractivity contribution >= 4 is 33.3 Å². The van der Waals surface area contributed by atoms with Crippen LogP contribution >= 0.6 is 0 Å². The van der Waals surface area contributed by atoms with Crippen molar-refractivity contribution in [2.45, 2.75) is 32.6 Å². The SMILES string of the molecule is CCCn1c(=O)c2c(NC)n(CC(F)(F)F)nc2c2c(NC)cccc21. The Morgan fingerprint density at radius 1 is 1.15 bits per heavy atom. The quantitative estimate of drug-likeness (QED) is 0.725. The molecule has 0 spiro atoms. The number of aryl methyl sites for hydroxylation is 1. The maximum Gasteiger partial charge on any atom is 0.408 e. The fraction of sp³-hybridized carbons (Fsp3) is 0.412. The van der Waals surface area contributed by atoms with Crippen LogP contribution in [0.1, 0.15) is 13.3 Å². The number of aromatic nitrogens is 3. The van der Waals surface area contributed by atoms with Gasteiger partial charge in [-0.15, -0.1) is 0 Å². The first-order valence-corrected chi connectivity index (χ1v) is 8.30. The highest BCUT2D eigenvalue weighted by molar-refractivity contribution is 6.12. The van der Waals surface area contributed by atoms with E-state index >= 15 is 0 Å². The number of hydrogen-bond donors (Lipinski definition) is 2. The maximum atomic E-state index is 13.1. The van der Waals surface area contributed by atoms with Gasteiger partial charge in [-0.25, -0.2) is 4.68 Å². The number of nitrogens with zero attached hydrogens (tertiary/aromatic N) is 3. The van der Waals surface area contributed by atoms with Crippen LogP contribution < -0.4 is 16.2 Å². The maximum absolute atomic E-state index is 13.1. The fourth-order valence-electron chi connectivity index (χ4n) is 3.29. The van der Waals surface area contributed by atoms with Gasteiger partial charge in [0, 0.05) is 31.7 Å². The van der Waals surface area contributed by atoms with Crippen LogP contribution in [-0.2, 0) is 13.1 Å². The third kappa shape index (κ3) is 2.87. The third-order valence-electron chi connectivity index (χ3n) is 4.26. The number of anilines is 2. The topological polar surface area (TPSA) is 63.9 Å². The van der Waals surface area contributed by atoms with Crippen molar-refractivity contribution in [2.24, 2.45) is 0 Å². The van der Waals surface area contributed by atoms with Crippen molar-refractivity contribution in [1.82, 2.24) is 14.3 Å². The highest BCUT2D eigenvalue weighted by Gasteiger charge is 2.31.